The smallest absolute Gasteiger partial charge is 0.305 e. The highest BCUT2D eigenvalue weighted by Gasteiger charge is 2.06. The quantitative estimate of drug-likeness (QED) is 0.0602. The predicted octanol–water partition coefficient (Wildman–Crippen LogP) is 11.0. The summed E-state index contributed by atoms with van der Waals surface area (Å²) in [4.78, 5) is 24.6. The van der Waals surface area contributed by atoms with E-state index in [2.05, 4.69) is 32.3 Å². The van der Waals surface area contributed by atoms with Crippen LogP contribution in [0.4, 0.5) is 28.4 Å². The van der Waals surface area contributed by atoms with Gasteiger partial charge < -0.3 is 19.1 Å². The number of unbranched alkanes of at least 4 members (excludes halogenated alkanes) is 6. The average molecular weight is 660 g/mol. The van der Waals surface area contributed by atoms with Gasteiger partial charge in [-0.05, 0) is 92.6 Å². The standard InChI is InChI=1S/C37H49N5O5.CH4/c1-4-36(43)46-28-13-11-9-7-8-10-12-27-45-35-24-20-33(21-25-35)41-39-31-16-14-30(15-17-31)38-40-32-18-22-34(23-19-32)42(6-3)26-29-47-37(44)5-2;/h14-25H,4-13,26-29H2,1-3H3;1H4. The van der Waals surface area contributed by atoms with E-state index in [-0.39, 0.29) is 19.4 Å². The molecule has 0 fully saturated rings. The zero-order chi connectivity index (χ0) is 33.5. The van der Waals surface area contributed by atoms with Gasteiger partial charge in [0.2, 0.25) is 0 Å². The van der Waals surface area contributed by atoms with Crippen LogP contribution < -0.4 is 9.64 Å². The number of hydrogen-bond acceptors (Lipinski definition) is 10. The highest BCUT2D eigenvalue weighted by atomic mass is 16.5. The molecule has 0 atom stereocenters. The van der Waals surface area contributed by atoms with Crippen LogP contribution in [0.15, 0.2) is 93.3 Å². The van der Waals surface area contributed by atoms with Crippen LogP contribution in [0.25, 0.3) is 0 Å². The summed E-state index contributed by atoms with van der Waals surface area (Å²) in [6, 6.07) is 22.9. The van der Waals surface area contributed by atoms with Crippen LogP contribution in [0.5, 0.6) is 5.75 Å². The number of benzene rings is 3. The van der Waals surface area contributed by atoms with Crippen molar-refractivity contribution >= 4 is 40.4 Å². The first-order valence-electron chi connectivity index (χ1n) is 16.8. The summed E-state index contributed by atoms with van der Waals surface area (Å²) in [5.41, 5.74) is 3.97. The van der Waals surface area contributed by atoms with Crippen LogP contribution in [-0.4, -0.2) is 44.8 Å². The largest absolute Gasteiger partial charge is 0.494 e. The van der Waals surface area contributed by atoms with Crippen molar-refractivity contribution < 1.29 is 23.8 Å². The van der Waals surface area contributed by atoms with Crippen molar-refractivity contribution in [3.05, 3.63) is 72.8 Å². The van der Waals surface area contributed by atoms with Gasteiger partial charge in [-0.25, -0.2) is 0 Å². The van der Waals surface area contributed by atoms with Gasteiger partial charge in [-0.3, -0.25) is 9.59 Å². The van der Waals surface area contributed by atoms with Crippen LogP contribution >= 0.6 is 0 Å². The van der Waals surface area contributed by atoms with Crippen LogP contribution in [0.3, 0.4) is 0 Å². The fourth-order valence-electron chi connectivity index (χ4n) is 4.56. The SMILES string of the molecule is C.CCC(=O)OCCCCCCCCCOc1ccc(N=Nc2ccc(N=Nc3ccc(N(CC)CCOC(=O)CC)cc3)cc2)cc1. The van der Waals surface area contributed by atoms with E-state index < -0.39 is 0 Å². The lowest BCUT2D eigenvalue weighted by molar-refractivity contribution is -0.144. The Morgan fingerprint density at radius 2 is 0.938 bits per heavy atom. The minimum Gasteiger partial charge on any atom is -0.494 e. The zero-order valence-corrected chi connectivity index (χ0v) is 28.1. The van der Waals surface area contributed by atoms with E-state index >= 15 is 0 Å². The van der Waals surface area contributed by atoms with Crippen molar-refractivity contribution in [3.63, 3.8) is 0 Å². The Kier molecular flexibility index (Phi) is 19.5. The van der Waals surface area contributed by atoms with Gasteiger partial charge in [0.25, 0.3) is 0 Å². The van der Waals surface area contributed by atoms with Gasteiger partial charge in [0.15, 0.2) is 0 Å². The van der Waals surface area contributed by atoms with Crippen LogP contribution in [0.2, 0.25) is 0 Å². The first kappa shape index (κ1) is 39.6. The van der Waals surface area contributed by atoms with E-state index in [9.17, 15) is 9.59 Å². The van der Waals surface area contributed by atoms with Crippen molar-refractivity contribution in [2.45, 2.75) is 86.0 Å². The predicted molar refractivity (Wildman–Crippen MR) is 193 cm³/mol. The summed E-state index contributed by atoms with van der Waals surface area (Å²) in [7, 11) is 0. The molecule has 0 aliphatic carbocycles. The fraction of sp³-hybridized carbons (Fsp3) is 0.474. The Bertz CT molecular complexity index is 1380. The third-order valence-corrected chi connectivity index (χ3v) is 7.37. The molecule has 0 saturated heterocycles. The van der Waals surface area contributed by atoms with Gasteiger partial charge in [-0.1, -0.05) is 53.4 Å². The van der Waals surface area contributed by atoms with Crippen LogP contribution in [0, 0.1) is 0 Å². The number of carbonyl (C=O) groups excluding carboxylic acids is 2. The Balaban J connectivity index is 0.00000800. The topological polar surface area (TPSA) is 115 Å². The first-order chi connectivity index (χ1) is 23.0. The maximum absolute atomic E-state index is 11.4. The lowest BCUT2D eigenvalue weighted by Gasteiger charge is -2.22. The number of ether oxygens (including phenoxy) is 3. The molecule has 10 nitrogen and oxygen atoms in total. The van der Waals surface area contributed by atoms with E-state index in [0.717, 1.165) is 60.7 Å². The lowest BCUT2D eigenvalue weighted by atomic mass is 10.1. The van der Waals surface area contributed by atoms with E-state index in [1.165, 1.54) is 19.3 Å². The zero-order valence-electron chi connectivity index (χ0n) is 28.1. The number of esters is 2. The second-order valence-corrected chi connectivity index (χ2v) is 11.0. The molecule has 0 N–H and O–H groups in total. The molecular formula is C38H53N5O5. The Labute approximate surface area is 286 Å². The molecule has 0 amide bonds. The summed E-state index contributed by atoms with van der Waals surface area (Å²) in [6.45, 7) is 8.72. The van der Waals surface area contributed by atoms with Gasteiger partial charge in [0, 0.05) is 25.1 Å². The average Bonchev–Trinajstić information content (AvgIpc) is 3.11. The first-order valence-corrected chi connectivity index (χ1v) is 16.8. The highest BCUT2D eigenvalue weighted by molar-refractivity contribution is 5.69. The molecule has 0 bridgehead atoms. The van der Waals surface area contributed by atoms with Gasteiger partial charge in [-0.2, -0.15) is 20.5 Å². The molecular weight excluding hydrogens is 606 g/mol. The highest BCUT2D eigenvalue weighted by Crippen LogP contribution is 2.26. The molecule has 0 aromatic heterocycles. The number of rotatable bonds is 22. The molecule has 3 rings (SSSR count). The number of azo groups is 2. The molecule has 0 radical (unpaired) electrons. The number of hydrogen-bond donors (Lipinski definition) is 0. The second-order valence-electron chi connectivity index (χ2n) is 11.0. The van der Waals surface area contributed by atoms with Crippen molar-refractivity contribution in [2.75, 3.05) is 37.8 Å². The summed E-state index contributed by atoms with van der Waals surface area (Å²) in [5.74, 6) is 0.529. The van der Waals surface area contributed by atoms with Gasteiger partial charge >= 0.3 is 11.9 Å². The van der Waals surface area contributed by atoms with Gasteiger partial charge in [-0.15, -0.1) is 0 Å². The van der Waals surface area contributed by atoms with Crippen molar-refractivity contribution in [1.29, 1.82) is 0 Å². The minimum atomic E-state index is -0.184. The number of carbonyl (C=O) groups is 2. The van der Waals surface area contributed by atoms with Gasteiger partial charge in [0.05, 0.1) is 42.5 Å². The molecule has 0 saturated carbocycles. The summed E-state index contributed by atoms with van der Waals surface area (Å²) in [5, 5.41) is 17.4. The molecule has 0 spiro atoms. The summed E-state index contributed by atoms with van der Waals surface area (Å²) in [6.07, 6.45) is 8.61. The molecule has 48 heavy (non-hydrogen) atoms. The number of nitrogens with zero attached hydrogens (tertiary/aromatic N) is 5. The van der Waals surface area contributed by atoms with E-state index in [1.807, 2.05) is 79.7 Å². The van der Waals surface area contributed by atoms with E-state index in [4.69, 9.17) is 14.2 Å². The Morgan fingerprint density at radius 3 is 1.40 bits per heavy atom. The Hall–Kier alpha value is -4.60. The Morgan fingerprint density at radius 1 is 0.542 bits per heavy atom. The molecule has 0 heterocycles. The molecule has 0 aliphatic heterocycles. The minimum absolute atomic E-state index is 0. The lowest BCUT2D eigenvalue weighted by Crippen LogP contribution is -2.27. The van der Waals surface area contributed by atoms with Crippen LogP contribution in [0.1, 0.15) is 86.0 Å². The maximum atomic E-state index is 11.4. The summed E-state index contributed by atoms with van der Waals surface area (Å²) >= 11 is 0. The third-order valence-electron chi connectivity index (χ3n) is 7.37. The van der Waals surface area contributed by atoms with Crippen molar-refractivity contribution in [2.24, 2.45) is 20.5 Å². The number of likely N-dealkylation sites (N-methyl/N-ethyl adjacent to an activating group) is 1. The third kappa shape index (κ3) is 15.8. The normalized spacial score (nSPS) is 11.0. The van der Waals surface area contributed by atoms with Crippen molar-refractivity contribution in [3.8, 4) is 5.75 Å². The summed E-state index contributed by atoms with van der Waals surface area (Å²) < 4.78 is 16.2. The molecule has 260 valence electrons. The van der Waals surface area contributed by atoms with Gasteiger partial charge in [0.1, 0.15) is 12.4 Å². The monoisotopic (exact) mass is 659 g/mol. The maximum Gasteiger partial charge on any atom is 0.305 e. The number of anilines is 1. The molecule has 10 heteroatoms. The second kappa shape index (κ2) is 23.7. The molecule has 0 unspecified atom stereocenters. The van der Waals surface area contributed by atoms with E-state index in [0.29, 0.717) is 44.9 Å². The fourth-order valence-corrected chi connectivity index (χ4v) is 4.56. The molecule has 0 aliphatic rings. The molecule has 3 aromatic carbocycles. The van der Waals surface area contributed by atoms with Crippen molar-refractivity contribution in [1.82, 2.24) is 0 Å². The molecule has 3 aromatic rings. The van der Waals surface area contributed by atoms with E-state index in [1.54, 1.807) is 6.92 Å². The van der Waals surface area contributed by atoms with Crippen LogP contribution in [-0.2, 0) is 19.1 Å².